The number of hydrogen-bond donors (Lipinski definition) is 1. The van der Waals surface area contributed by atoms with Crippen LogP contribution in [0.2, 0.25) is 5.15 Å². The van der Waals surface area contributed by atoms with Gasteiger partial charge in [-0.15, -0.1) is 0 Å². The molecule has 1 amide bonds. The molecule has 0 bridgehead atoms. The quantitative estimate of drug-likeness (QED) is 0.360. The van der Waals surface area contributed by atoms with Crippen molar-refractivity contribution in [3.63, 3.8) is 0 Å². The van der Waals surface area contributed by atoms with Gasteiger partial charge < -0.3 is 4.74 Å². The first-order valence-electron chi connectivity index (χ1n) is 10.7. The second-order valence-corrected chi connectivity index (χ2v) is 9.49. The molecule has 1 aromatic carbocycles. The van der Waals surface area contributed by atoms with Gasteiger partial charge in [-0.3, -0.25) is 15.0 Å². The number of likely N-dealkylation sites (tertiary alicyclic amines) is 1. The summed E-state index contributed by atoms with van der Waals surface area (Å²) in [7, 11) is 0. The van der Waals surface area contributed by atoms with Gasteiger partial charge in [0, 0.05) is 23.0 Å². The Bertz CT molecular complexity index is 1240. The van der Waals surface area contributed by atoms with Gasteiger partial charge in [-0.1, -0.05) is 22.9 Å². The molecule has 1 aliphatic rings. The summed E-state index contributed by atoms with van der Waals surface area (Å²) in [5, 5.41) is 2.82. The van der Waals surface area contributed by atoms with Gasteiger partial charge in [-0.2, -0.15) is 22.0 Å². The molecule has 0 spiro atoms. The first kappa shape index (κ1) is 26.2. The van der Waals surface area contributed by atoms with E-state index in [1.807, 2.05) is 6.92 Å². The molecule has 1 saturated heterocycles. The molecule has 7 nitrogen and oxygen atoms in total. The Balaban J connectivity index is 1.71. The van der Waals surface area contributed by atoms with Gasteiger partial charge >= 0.3 is 12.8 Å². The molecule has 3 aromatic rings. The van der Waals surface area contributed by atoms with Crippen molar-refractivity contribution < 1.29 is 31.5 Å². The lowest BCUT2D eigenvalue weighted by Crippen LogP contribution is -2.25. The van der Waals surface area contributed by atoms with E-state index in [0.29, 0.717) is 11.4 Å². The molecule has 1 atom stereocenters. The molecule has 192 valence electrons. The number of nitrogens with zero attached hydrogens (tertiary/aromatic N) is 4. The van der Waals surface area contributed by atoms with Crippen LogP contribution in [-0.4, -0.2) is 45.0 Å². The summed E-state index contributed by atoms with van der Waals surface area (Å²) in [4.78, 5) is 27.4. The van der Waals surface area contributed by atoms with Crippen LogP contribution in [0.3, 0.4) is 0 Å². The highest BCUT2D eigenvalue weighted by atomic mass is 35.5. The number of amides is 1. The molecule has 0 unspecified atom stereocenters. The van der Waals surface area contributed by atoms with Crippen LogP contribution in [0, 0.1) is 0 Å². The summed E-state index contributed by atoms with van der Waals surface area (Å²) in [6.45, 7) is -0.175. The number of aromatic nitrogens is 3. The number of alkyl halides is 5. The first-order chi connectivity index (χ1) is 17.0. The zero-order chi connectivity index (χ0) is 26.0. The van der Waals surface area contributed by atoms with E-state index in [1.54, 1.807) is 0 Å². The van der Waals surface area contributed by atoms with E-state index < -0.39 is 30.0 Å². The maximum atomic E-state index is 13.6. The average Bonchev–Trinajstić information content (AvgIpc) is 3.39. The Kier molecular flexibility index (Phi) is 7.71. The van der Waals surface area contributed by atoms with Crippen molar-refractivity contribution in [2.75, 3.05) is 11.9 Å². The molecule has 36 heavy (non-hydrogen) atoms. The summed E-state index contributed by atoms with van der Waals surface area (Å²) in [5.41, 5.74) is -1.13. The molecule has 0 radical (unpaired) electrons. The van der Waals surface area contributed by atoms with Crippen molar-refractivity contribution in [2.24, 2.45) is 0 Å². The number of rotatable bonds is 7. The van der Waals surface area contributed by atoms with Crippen LogP contribution >= 0.6 is 22.9 Å². The van der Waals surface area contributed by atoms with Crippen LogP contribution < -0.4 is 10.1 Å². The predicted octanol–water partition coefficient (Wildman–Crippen LogP) is 6.11. The normalized spacial score (nSPS) is 16.5. The molecule has 2 aromatic heterocycles. The van der Waals surface area contributed by atoms with Gasteiger partial charge in [-0.25, -0.2) is 15.0 Å². The van der Waals surface area contributed by atoms with Crippen molar-refractivity contribution >= 4 is 34.0 Å². The smallest absolute Gasteiger partial charge is 0.419 e. The van der Waals surface area contributed by atoms with E-state index in [0.717, 1.165) is 42.9 Å². The monoisotopic (exact) mass is 547 g/mol. The van der Waals surface area contributed by atoms with E-state index in [2.05, 4.69) is 29.9 Å². The van der Waals surface area contributed by atoms with Gasteiger partial charge in [0.1, 0.15) is 16.6 Å². The van der Waals surface area contributed by atoms with Crippen LogP contribution in [0.5, 0.6) is 5.75 Å². The summed E-state index contributed by atoms with van der Waals surface area (Å²) < 4.78 is 70.3. The maximum absolute atomic E-state index is 13.6. The first-order valence-corrected chi connectivity index (χ1v) is 11.9. The average molecular weight is 548 g/mol. The molecule has 1 fully saturated rings. The molecule has 0 aliphatic carbocycles. The number of carbonyl (C=O) groups excluding carboxylic acids is 1. The van der Waals surface area contributed by atoms with Crippen molar-refractivity contribution in [1.82, 2.24) is 19.9 Å². The molecule has 3 heterocycles. The summed E-state index contributed by atoms with van der Waals surface area (Å²) in [5.74, 6) is -1.61. The number of anilines is 1. The molecular formula is C22H19ClF5N5O2S. The summed E-state index contributed by atoms with van der Waals surface area (Å²) in [6, 6.07) is 3.05. The van der Waals surface area contributed by atoms with Crippen molar-refractivity contribution in [3.8, 4) is 17.0 Å². The molecule has 1 aliphatic heterocycles. The third-order valence-electron chi connectivity index (χ3n) is 5.58. The Hall–Kier alpha value is -2.90. The minimum absolute atomic E-state index is 0.0290. The van der Waals surface area contributed by atoms with Crippen LogP contribution in [0.15, 0.2) is 30.6 Å². The zero-order valence-electron chi connectivity index (χ0n) is 18.7. The summed E-state index contributed by atoms with van der Waals surface area (Å²) >= 11 is 6.80. The number of hydrogen-bond acceptors (Lipinski definition) is 7. The third-order valence-corrected chi connectivity index (χ3v) is 6.73. The molecular weight excluding hydrogens is 529 g/mol. The topological polar surface area (TPSA) is 80.2 Å². The highest BCUT2D eigenvalue weighted by Crippen LogP contribution is 2.41. The largest absolute Gasteiger partial charge is 0.434 e. The molecule has 1 N–H and O–H groups in total. The van der Waals surface area contributed by atoms with Gasteiger partial charge in [-0.05, 0) is 44.5 Å². The van der Waals surface area contributed by atoms with E-state index in [9.17, 15) is 26.7 Å². The Morgan fingerprint density at radius 3 is 2.69 bits per heavy atom. The minimum Gasteiger partial charge on any atom is -0.434 e. The highest BCUT2D eigenvalue weighted by Gasteiger charge is 2.36. The summed E-state index contributed by atoms with van der Waals surface area (Å²) in [6.07, 6.45) is -0.608. The van der Waals surface area contributed by atoms with E-state index >= 15 is 0 Å². The number of benzene rings is 1. The Morgan fingerprint density at radius 2 is 2.08 bits per heavy atom. The fourth-order valence-electron chi connectivity index (χ4n) is 3.84. The van der Waals surface area contributed by atoms with Crippen molar-refractivity contribution in [3.05, 3.63) is 51.9 Å². The van der Waals surface area contributed by atoms with Crippen LogP contribution in [0.1, 0.15) is 40.7 Å². The molecule has 0 saturated carbocycles. The minimum atomic E-state index is -4.94. The number of ether oxygens (including phenoxy) is 1. The van der Waals surface area contributed by atoms with E-state index in [4.69, 9.17) is 11.6 Å². The third kappa shape index (κ3) is 6.08. The molecule has 14 heteroatoms. The number of thiazole rings is 1. The van der Waals surface area contributed by atoms with Crippen molar-refractivity contribution in [2.45, 2.75) is 45.1 Å². The second-order valence-electron chi connectivity index (χ2n) is 8.02. The maximum Gasteiger partial charge on any atom is 0.419 e. The molecule has 4 rings (SSSR count). The predicted molar refractivity (Wildman–Crippen MR) is 123 cm³/mol. The number of nitrogens with one attached hydrogen (secondary N) is 1. The van der Waals surface area contributed by atoms with Gasteiger partial charge in [0.25, 0.3) is 5.91 Å². The van der Waals surface area contributed by atoms with Gasteiger partial charge in [0.05, 0.1) is 23.7 Å². The van der Waals surface area contributed by atoms with E-state index in [1.165, 1.54) is 18.5 Å². The SMILES string of the molecule is C[C@@H]1CCCN1Cc1sc(NC(=O)c2cnc(Cl)cn2)nc1-c1ccc(OC(F)F)c(C(F)(F)F)c1. The standard InChI is InChI=1S/C22H19ClF5N5O2S/c1-11-3-2-6-33(11)10-16-18(12-4-5-15(35-20(24)25)13(7-12)22(26,27)28)31-21(36-16)32-19(34)14-8-30-17(23)9-29-14/h4-5,7-9,11,20H,2-3,6,10H2,1H3,(H,31,32,34)/t11-/m1/s1. The fourth-order valence-corrected chi connectivity index (χ4v) is 4.94. The lowest BCUT2D eigenvalue weighted by atomic mass is 10.1. The van der Waals surface area contributed by atoms with Crippen LogP contribution in [-0.2, 0) is 12.7 Å². The number of halogens is 6. The lowest BCUT2D eigenvalue weighted by Gasteiger charge is -2.20. The van der Waals surface area contributed by atoms with Gasteiger partial charge in [0.2, 0.25) is 0 Å². The Labute approximate surface area is 211 Å². The van der Waals surface area contributed by atoms with Crippen LogP contribution in [0.25, 0.3) is 11.3 Å². The van der Waals surface area contributed by atoms with Crippen molar-refractivity contribution in [1.29, 1.82) is 0 Å². The second kappa shape index (κ2) is 10.6. The zero-order valence-corrected chi connectivity index (χ0v) is 20.2. The Morgan fingerprint density at radius 1 is 1.31 bits per heavy atom. The number of carbonyl (C=O) groups is 1. The highest BCUT2D eigenvalue weighted by molar-refractivity contribution is 7.16. The van der Waals surface area contributed by atoms with Crippen LogP contribution in [0.4, 0.5) is 27.1 Å². The van der Waals surface area contributed by atoms with Gasteiger partial charge in [0.15, 0.2) is 5.13 Å². The lowest BCUT2D eigenvalue weighted by molar-refractivity contribution is -0.141. The fraction of sp³-hybridized carbons (Fsp3) is 0.364. The van der Waals surface area contributed by atoms with E-state index in [-0.39, 0.29) is 33.3 Å².